The summed E-state index contributed by atoms with van der Waals surface area (Å²) in [6.45, 7) is 0.766. The highest BCUT2D eigenvalue weighted by atomic mass is 16.5. The fourth-order valence-electron chi connectivity index (χ4n) is 1.61. The van der Waals surface area contributed by atoms with Crippen LogP contribution < -0.4 is 15.0 Å². The van der Waals surface area contributed by atoms with Gasteiger partial charge in [-0.2, -0.15) is 0 Å². The molecule has 1 aromatic carbocycles. The number of nitrogens with two attached hydrogens (primary N) is 1. The van der Waals surface area contributed by atoms with Crippen LogP contribution >= 0.6 is 0 Å². The third kappa shape index (κ3) is 3.75. The van der Waals surface area contributed by atoms with Crippen molar-refractivity contribution >= 4 is 5.69 Å². The lowest BCUT2D eigenvalue weighted by Gasteiger charge is -2.10. The van der Waals surface area contributed by atoms with Crippen molar-refractivity contribution in [2.75, 3.05) is 12.3 Å². The lowest BCUT2D eigenvalue weighted by molar-refractivity contribution is -0.703. The summed E-state index contributed by atoms with van der Waals surface area (Å²) in [5.41, 5.74) is 6.27. The van der Waals surface area contributed by atoms with Crippen LogP contribution in [0.2, 0.25) is 0 Å². The molecular weight excluding hydrogens is 228 g/mol. The summed E-state index contributed by atoms with van der Waals surface area (Å²) in [6, 6.07) is 12.9. The second-order valence-corrected chi connectivity index (χ2v) is 4.11. The predicted octanol–water partition coefficient (Wildman–Crippen LogP) is 0.996. The highest BCUT2D eigenvalue weighted by molar-refractivity contribution is 5.41. The minimum Gasteiger partial charge on any atom is -0.491 e. The van der Waals surface area contributed by atoms with Crippen LogP contribution in [0.3, 0.4) is 0 Å². The Hall–Kier alpha value is -2.07. The fourth-order valence-corrected chi connectivity index (χ4v) is 1.61. The molecule has 94 valence electrons. The van der Waals surface area contributed by atoms with Crippen molar-refractivity contribution in [1.82, 2.24) is 0 Å². The van der Waals surface area contributed by atoms with E-state index in [9.17, 15) is 5.11 Å². The fraction of sp³-hybridized carbons (Fsp3) is 0.214. The van der Waals surface area contributed by atoms with Gasteiger partial charge >= 0.3 is 0 Å². The van der Waals surface area contributed by atoms with Crippen LogP contribution in [-0.4, -0.2) is 17.8 Å². The van der Waals surface area contributed by atoms with Gasteiger partial charge in [0.15, 0.2) is 18.9 Å². The van der Waals surface area contributed by atoms with Gasteiger partial charge in [0.05, 0.1) is 0 Å². The third-order valence-corrected chi connectivity index (χ3v) is 2.52. The maximum Gasteiger partial charge on any atom is 0.177 e. The van der Waals surface area contributed by atoms with Crippen LogP contribution in [0.15, 0.2) is 54.9 Å². The standard InChI is InChI=1S/C14H17N2O2/c15-12-4-6-14(7-5-12)18-11-13(17)10-16-8-2-1-3-9-16/h1-9,13,17H,10-11,15H2/q+1. The van der Waals surface area contributed by atoms with Crippen LogP contribution in [0.4, 0.5) is 5.69 Å². The zero-order chi connectivity index (χ0) is 12.8. The topological polar surface area (TPSA) is 59.4 Å². The summed E-state index contributed by atoms with van der Waals surface area (Å²) in [4.78, 5) is 0. The zero-order valence-electron chi connectivity index (χ0n) is 10.1. The number of ether oxygens (including phenoxy) is 1. The molecule has 18 heavy (non-hydrogen) atoms. The van der Waals surface area contributed by atoms with Gasteiger partial charge in [-0.15, -0.1) is 0 Å². The molecule has 0 saturated carbocycles. The highest BCUT2D eigenvalue weighted by Crippen LogP contribution is 2.13. The molecule has 4 nitrogen and oxygen atoms in total. The molecule has 1 aromatic heterocycles. The number of hydrogen-bond donors (Lipinski definition) is 2. The molecule has 4 heteroatoms. The Morgan fingerprint density at radius 3 is 2.44 bits per heavy atom. The van der Waals surface area contributed by atoms with E-state index in [1.54, 1.807) is 24.3 Å². The Labute approximate surface area is 106 Å². The Morgan fingerprint density at radius 2 is 1.78 bits per heavy atom. The van der Waals surface area contributed by atoms with Crippen LogP contribution in [0.25, 0.3) is 0 Å². The van der Waals surface area contributed by atoms with E-state index in [4.69, 9.17) is 10.5 Å². The van der Waals surface area contributed by atoms with Crippen molar-refractivity contribution in [1.29, 1.82) is 0 Å². The average Bonchev–Trinajstić information content (AvgIpc) is 2.39. The second-order valence-electron chi connectivity index (χ2n) is 4.11. The minimum atomic E-state index is -0.546. The molecule has 0 aliphatic rings. The molecular formula is C14H17N2O2+. The molecule has 0 saturated heterocycles. The summed E-state index contributed by atoms with van der Waals surface area (Å²) >= 11 is 0. The van der Waals surface area contributed by atoms with Crippen LogP contribution in [0.5, 0.6) is 5.75 Å². The SMILES string of the molecule is Nc1ccc(OCC(O)C[n+]2ccccc2)cc1. The van der Waals surface area contributed by atoms with Crippen molar-refractivity contribution in [3.8, 4) is 5.75 Å². The quantitative estimate of drug-likeness (QED) is 0.610. The smallest absolute Gasteiger partial charge is 0.177 e. The Bertz CT molecular complexity index is 471. The van der Waals surface area contributed by atoms with Crippen molar-refractivity contribution < 1.29 is 14.4 Å². The molecule has 0 fully saturated rings. The molecule has 0 spiro atoms. The predicted molar refractivity (Wildman–Crippen MR) is 69.0 cm³/mol. The van der Waals surface area contributed by atoms with Gasteiger partial charge in [-0.1, -0.05) is 6.07 Å². The molecule has 3 N–H and O–H groups in total. The van der Waals surface area contributed by atoms with E-state index in [1.165, 1.54) is 0 Å². The summed E-state index contributed by atoms with van der Waals surface area (Å²) in [6.07, 6.45) is 3.27. The Morgan fingerprint density at radius 1 is 1.11 bits per heavy atom. The monoisotopic (exact) mass is 245 g/mol. The summed E-state index contributed by atoms with van der Waals surface area (Å²) in [5, 5.41) is 9.85. The summed E-state index contributed by atoms with van der Waals surface area (Å²) in [7, 11) is 0. The Balaban J connectivity index is 1.81. The van der Waals surface area contributed by atoms with Crippen LogP contribution in [0.1, 0.15) is 0 Å². The molecule has 1 atom stereocenters. The van der Waals surface area contributed by atoms with Gasteiger partial charge in [-0.3, -0.25) is 0 Å². The molecule has 0 amide bonds. The molecule has 0 aliphatic carbocycles. The second kappa shape index (κ2) is 6.02. The van der Waals surface area contributed by atoms with Crippen molar-refractivity contribution in [3.05, 3.63) is 54.9 Å². The largest absolute Gasteiger partial charge is 0.491 e. The first kappa shape index (κ1) is 12.4. The number of rotatable bonds is 5. The van der Waals surface area contributed by atoms with E-state index < -0.39 is 6.10 Å². The molecule has 2 rings (SSSR count). The van der Waals surface area contributed by atoms with Crippen LogP contribution in [-0.2, 0) is 6.54 Å². The van der Waals surface area contributed by atoms with Gasteiger partial charge in [0.1, 0.15) is 18.5 Å². The molecule has 0 radical (unpaired) electrons. The molecule has 2 aromatic rings. The number of aliphatic hydroxyl groups is 1. The normalized spacial score (nSPS) is 12.1. The molecule has 0 aliphatic heterocycles. The molecule has 1 unspecified atom stereocenters. The number of aliphatic hydroxyl groups excluding tert-OH is 1. The average molecular weight is 245 g/mol. The first-order chi connectivity index (χ1) is 8.74. The zero-order valence-corrected chi connectivity index (χ0v) is 10.1. The van der Waals surface area contributed by atoms with Crippen LogP contribution in [0, 0.1) is 0 Å². The van der Waals surface area contributed by atoms with Gasteiger partial charge in [-0.25, -0.2) is 4.57 Å². The molecule has 1 heterocycles. The Kier molecular flexibility index (Phi) is 4.15. The van der Waals surface area contributed by atoms with E-state index in [0.29, 0.717) is 18.0 Å². The number of aromatic nitrogens is 1. The first-order valence-corrected chi connectivity index (χ1v) is 5.84. The number of nitrogens with zero attached hydrogens (tertiary/aromatic N) is 1. The van der Waals surface area contributed by atoms with E-state index in [1.807, 2.05) is 35.2 Å². The van der Waals surface area contributed by atoms with Crippen molar-refractivity contribution in [2.45, 2.75) is 12.6 Å². The lowest BCUT2D eigenvalue weighted by Crippen LogP contribution is -2.41. The van der Waals surface area contributed by atoms with Gasteiger partial charge in [-0.05, 0) is 24.3 Å². The number of anilines is 1. The highest BCUT2D eigenvalue weighted by Gasteiger charge is 2.11. The van der Waals surface area contributed by atoms with Crippen molar-refractivity contribution in [3.63, 3.8) is 0 Å². The maximum absolute atomic E-state index is 9.85. The van der Waals surface area contributed by atoms with Gasteiger partial charge in [0.25, 0.3) is 0 Å². The van der Waals surface area contributed by atoms with E-state index >= 15 is 0 Å². The minimum absolute atomic E-state index is 0.256. The first-order valence-electron chi connectivity index (χ1n) is 5.84. The number of hydrogen-bond acceptors (Lipinski definition) is 3. The van der Waals surface area contributed by atoms with E-state index in [-0.39, 0.29) is 6.61 Å². The van der Waals surface area contributed by atoms with E-state index in [2.05, 4.69) is 0 Å². The molecule has 0 bridgehead atoms. The number of nitrogen functional groups attached to an aromatic ring is 1. The lowest BCUT2D eigenvalue weighted by atomic mass is 10.3. The van der Waals surface area contributed by atoms with Gasteiger partial charge in [0.2, 0.25) is 0 Å². The summed E-state index contributed by atoms with van der Waals surface area (Å²) in [5.74, 6) is 0.710. The van der Waals surface area contributed by atoms with E-state index in [0.717, 1.165) is 0 Å². The van der Waals surface area contributed by atoms with Gasteiger partial charge in [0, 0.05) is 17.8 Å². The summed E-state index contributed by atoms with van der Waals surface area (Å²) < 4.78 is 7.39. The number of pyridine rings is 1. The number of benzene rings is 1. The van der Waals surface area contributed by atoms with Crippen molar-refractivity contribution in [2.24, 2.45) is 0 Å². The van der Waals surface area contributed by atoms with Gasteiger partial charge < -0.3 is 15.6 Å². The maximum atomic E-state index is 9.85. The third-order valence-electron chi connectivity index (χ3n) is 2.52.